The van der Waals surface area contributed by atoms with E-state index in [0.29, 0.717) is 11.4 Å². The average Bonchev–Trinajstić information content (AvgIpc) is 3.02. The lowest BCUT2D eigenvalue weighted by molar-refractivity contribution is -0.139. The Hall–Kier alpha value is -4.05. The molecule has 3 aromatic rings. The fourth-order valence-corrected chi connectivity index (χ4v) is 6.82. The Labute approximate surface area is 254 Å². The lowest BCUT2D eigenvalue weighted by atomic mass is 9.95. The Morgan fingerprint density at radius 3 is 2.26 bits per heavy atom. The number of ether oxygens (including phenoxy) is 2. The van der Waals surface area contributed by atoms with Crippen LogP contribution in [0, 0.1) is 6.92 Å². The Kier molecular flexibility index (Phi) is 10.7. The summed E-state index contributed by atoms with van der Waals surface area (Å²) in [7, 11) is -1.34. The predicted molar refractivity (Wildman–Crippen MR) is 167 cm³/mol. The topological polar surface area (TPSA) is 105 Å². The van der Waals surface area contributed by atoms with E-state index >= 15 is 0 Å². The van der Waals surface area contributed by atoms with Crippen LogP contribution in [0.25, 0.3) is 0 Å². The molecule has 1 aliphatic carbocycles. The molecule has 43 heavy (non-hydrogen) atoms. The summed E-state index contributed by atoms with van der Waals surface area (Å²) in [4.78, 5) is 29.0. The second-order valence-corrected chi connectivity index (χ2v) is 12.8. The Morgan fingerprint density at radius 1 is 0.907 bits per heavy atom. The maximum absolute atomic E-state index is 14.2. The lowest BCUT2D eigenvalue weighted by Crippen LogP contribution is -2.53. The molecule has 1 fully saturated rings. The molecule has 0 radical (unpaired) electrons. The summed E-state index contributed by atoms with van der Waals surface area (Å²) in [5.41, 5.74) is 2.19. The number of amides is 2. The zero-order valence-corrected chi connectivity index (χ0v) is 26.1. The molecule has 0 aromatic heterocycles. The molecule has 1 N–H and O–H groups in total. The molecule has 0 spiro atoms. The number of sulfonamides is 1. The number of hydrogen-bond donors (Lipinski definition) is 1. The van der Waals surface area contributed by atoms with Gasteiger partial charge >= 0.3 is 0 Å². The first-order valence-corrected chi connectivity index (χ1v) is 16.0. The second kappa shape index (κ2) is 14.4. The van der Waals surface area contributed by atoms with Gasteiger partial charge in [-0.05, 0) is 56.5 Å². The molecule has 3 aromatic carbocycles. The number of nitrogens with zero attached hydrogens (tertiary/aromatic N) is 2. The van der Waals surface area contributed by atoms with Crippen LogP contribution in [0.1, 0.15) is 50.2 Å². The van der Waals surface area contributed by atoms with E-state index < -0.39 is 28.5 Å². The summed E-state index contributed by atoms with van der Waals surface area (Å²) in [6.07, 6.45) is 5.10. The first-order chi connectivity index (χ1) is 20.6. The molecule has 2 amide bonds. The van der Waals surface area contributed by atoms with Gasteiger partial charge in [-0.15, -0.1) is 0 Å². The highest BCUT2D eigenvalue weighted by Crippen LogP contribution is 2.32. The maximum atomic E-state index is 14.2. The van der Waals surface area contributed by atoms with Crippen LogP contribution in [0.2, 0.25) is 0 Å². The molecule has 0 unspecified atom stereocenters. The van der Waals surface area contributed by atoms with Gasteiger partial charge in [0.25, 0.3) is 10.0 Å². The van der Waals surface area contributed by atoms with Gasteiger partial charge in [0, 0.05) is 18.7 Å². The van der Waals surface area contributed by atoms with Crippen molar-refractivity contribution in [2.45, 2.75) is 69.5 Å². The quantitative estimate of drug-likeness (QED) is 0.308. The van der Waals surface area contributed by atoms with Crippen LogP contribution in [-0.2, 0) is 26.2 Å². The number of anilines is 1. The van der Waals surface area contributed by atoms with Gasteiger partial charge in [0.05, 0.1) is 24.8 Å². The van der Waals surface area contributed by atoms with E-state index in [1.807, 2.05) is 31.2 Å². The third-order valence-electron chi connectivity index (χ3n) is 7.82. The normalized spacial score (nSPS) is 14.4. The molecular weight excluding hydrogens is 566 g/mol. The number of carbonyl (C=O) groups is 2. The van der Waals surface area contributed by atoms with Crippen molar-refractivity contribution in [2.24, 2.45) is 0 Å². The average molecular weight is 608 g/mol. The fraction of sp³-hybridized carbons (Fsp3) is 0.394. The van der Waals surface area contributed by atoms with Crippen molar-refractivity contribution in [3.05, 3.63) is 83.9 Å². The third-order valence-corrected chi connectivity index (χ3v) is 9.59. The minimum atomic E-state index is -4.24. The fourth-order valence-electron chi connectivity index (χ4n) is 5.39. The van der Waals surface area contributed by atoms with E-state index in [1.165, 1.54) is 37.3 Å². The number of para-hydroxylation sites is 1. The number of rotatable bonds is 12. The molecule has 4 rings (SSSR count). The maximum Gasteiger partial charge on any atom is 0.264 e. The number of methoxy groups -OCH3 is 2. The molecule has 0 saturated heterocycles. The first kappa shape index (κ1) is 31.9. The van der Waals surface area contributed by atoms with Gasteiger partial charge in [0.2, 0.25) is 11.8 Å². The van der Waals surface area contributed by atoms with Gasteiger partial charge in [-0.2, -0.15) is 0 Å². The SMILES string of the molecule is COc1ccc(S(=O)(=O)N(CC(=O)N(Cc2cccc(C)c2)[C@H](C)C(=O)NC2CCCCC2)c2ccccc2)cc1OC. The summed E-state index contributed by atoms with van der Waals surface area (Å²) in [5, 5.41) is 3.13. The standard InChI is InChI=1S/C33H41N3O6S/c1-24-12-11-13-26(20-24)22-35(25(2)33(38)34-27-14-7-5-8-15-27)32(37)23-36(28-16-9-6-10-17-28)43(39,40)29-18-19-30(41-3)31(21-29)42-4/h6,9-13,16-21,25,27H,5,7-8,14-15,22-23H2,1-4H3,(H,34,38)/t25-/m1/s1. The Balaban J connectivity index is 1.68. The molecule has 1 saturated carbocycles. The molecule has 230 valence electrons. The molecular formula is C33H41N3O6S. The molecule has 0 aliphatic heterocycles. The van der Waals surface area contributed by atoms with Crippen LogP contribution in [-0.4, -0.2) is 58.0 Å². The molecule has 9 nitrogen and oxygen atoms in total. The van der Waals surface area contributed by atoms with E-state index in [1.54, 1.807) is 37.3 Å². The van der Waals surface area contributed by atoms with Crippen molar-refractivity contribution in [1.29, 1.82) is 0 Å². The predicted octanol–water partition coefficient (Wildman–Crippen LogP) is 5.07. The van der Waals surface area contributed by atoms with Crippen LogP contribution < -0.4 is 19.1 Å². The summed E-state index contributed by atoms with van der Waals surface area (Å²) < 4.78 is 39.9. The van der Waals surface area contributed by atoms with E-state index in [0.717, 1.165) is 47.5 Å². The van der Waals surface area contributed by atoms with Gasteiger partial charge in [0.1, 0.15) is 12.6 Å². The summed E-state index contributed by atoms with van der Waals surface area (Å²) in [6, 6.07) is 19.7. The zero-order chi connectivity index (χ0) is 31.0. The van der Waals surface area contributed by atoms with Gasteiger partial charge in [-0.3, -0.25) is 13.9 Å². The van der Waals surface area contributed by atoms with E-state index in [2.05, 4.69) is 5.32 Å². The third kappa shape index (κ3) is 7.87. The van der Waals surface area contributed by atoms with Crippen LogP contribution in [0.5, 0.6) is 11.5 Å². The highest BCUT2D eigenvalue weighted by atomic mass is 32.2. The number of hydrogen-bond acceptors (Lipinski definition) is 6. The second-order valence-electron chi connectivity index (χ2n) is 10.9. The summed E-state index contributed by atoms with van der Waals surface area (Å²) in [5.74, 6) is -0.120. The van der Waals surface area contributed by atoms with Gasteiger partial charge in [0.15, 0.2) is 11.5 Å². The smallest absolute Gasteiger partial charge is 0.264 e. The monoisotopic (exact) mass is 607 g/mol. The van der Waals surface area contributed by atoms with Gasteiger partial charge in [-0.25, -0.2) is 8.42 Å². The summed E-state index contributed by atoms with van der Waals surface area (Å²) >= 11 is 0. The van der Waals surface area contributed by atoms with Crippen molar-refractivity contribution in [3.8, 4) is 11.5 Å². The van der Waals surface area contributed by atoms with E-state index in [-0.39, 0.29) is 29.1 Å². The van der Waals surface area contributed by atoms with Crippen molar-refractivity contribution < 1.29 is 27.5 Å². The Bertz CT molecular complexity index is 1510. The Morgan fingerprint density at radius 2 is 1.60 bits per heavy atom. The number of benzene rings is 3. The molecule has 1 atom stereocenters. The number of aryl methyl sites for hydroxylation is 1. The van der Waals surface area contributed by atoms with Crippen molar-refractivity contribution >= 4 is 27.5 Å². The highest BCUT2D eigenvalue weighted by molar-refractivity contribution is 7.92. The first-order valence-electron chi connectivity index (χ1n) is 14.6. The molecule has 0 bridgehead atoms. The largest absolute Gasteiger partial charge is 0.493 e. The van der Waals surface area contributed by atoms with Crippen LogP contribution in [0.4, 0.5) is 5.69 Å². The van der Waals surface area contributed by atoms with Crippen LogP contribution in [0.15, 0.2) is 77.7 Å². The summed E-state index contributed by atoms with van der Waals surface area (Å²) in [6.45, 7) is 3.30. The van der Waals surface area contributed by atoms with Gasteiger partial charge in [-0.1, -0.05) is 67.3 Å². The van der Waals surface area contributed by atoms with E-state index in [9.17, 15) is 18.0 Å². The molecule has 0 heterocycles. The van der Waals surface area contributed by atoms with Crippen molar-refractivity contribution in [2.75, 3.05) is 25.1 Å². The highest BCUT2D eigenvalue weighted by Gasteiger charge is 2.33. The van der Waals surface area contributed by atoms with Gasteiger partial charge < -0.3 is 19.7 Å². The minimum Gasteiger partial charge on any atom is -0.493 e. The van der Waals surface area contributed by atoms with Crippen molar-refractivity contribution in [3.63, 3.8) is 0 Å². The van der Waals surface area contributed by atoms with Crippen LogP contribution in [0.3, 0.4) is 0 Å². The zero-order valence-electron chi connectivity index (χ0n) is 25.3. The minimum absolute atomic E-state index is 0.0601. The van der Waals surface area contributed by atoms with E-state index in [4.69, 9.17) is 9.47 Å². The molecule has 10 heteroatoms. The lowest BCUT2D eigenvalue weighted by Gasteiger charge is -2.33. The number of nitrogens with one attached hydrogen (secondary N) is 1. The van der Waals surface area contributed by atoms with Crippen LogP contribution >= 0.6 is 0 Å². The number of carbonyl (C=O) groups excluding carboxylic acids is 2. The molecule has 1 aliphatic rings. The van der Waals surface area contributed by atoms with Crippen molar-refractivity contribution in [1.82, 2.24) is 10.2 Å².